The first-order chi connectivity index (χ1) is 27.7. The van der Waals surface area contributed by atoms with Crippen molar-refractivity contribution >= 4 is 71.6 Å². The quantitative estimate of drug-likeness (QED) is 0.166. The fourth-order valence-electron chi connectivity index (χ4n) is 9.62. The van der Waals surface area contributed by atoms with E-state index in [1.807, 2.05) is 0 Å². The van der Waals surface area contributed by atoms with Gasteiger partial charge < -0.3 is 9.47 Å². The van der Waals surface area contributed by atoms with Crippen molar-refractivity contribution in [3.8, 4) is 5.69 Å². The van der Waals surface area contributed by atoms with Crippen LogP contribution in [-0.2, 0) is 0 Å². The predicted octanol–water partition coefficient (Wildman–Crippen LogP) is 14.6. The van der Waals surface area contributed by atoms with E-state index < -0.39 is 0 Å². The van der Waals surface area contributed by atoms with E-state index in [4.69, 9.17) is 0 Å². The standard InChI is InChI=1S/C54H38N2/c1-2-14-47(15-3-1)56-53-25-24-50(34-52(53)51-32-40-8-4-5-9-41(40)33-54(51)56)55(48-21-18-35(19-22-48)45-27-36-10-6-11-37(36)28-45)49-23-20-42-26-43(16-17-44(42)31-49)46-29-38-12-7-13-39(38)30-46/h1-10,12,14-26,28,30-34H,11,13,27,29H2. The normalized spacial score (nSPS) is 15.9. The van der Waals surface area contributed by atoms with Gasteiger partial charge in [-0.25, -0.2) is 0 Å². The van der Waals surface area contributed by atoms with Gasteiger partial charge in [-0.2, -0.15) is 0 Å². The number of hydrogen-bond acceptors (Lipinski definition) is 1. The van der Waals surface area contributed by atoms with Crippen molar-refractivity contribution in [1.29, 1.82) is 0 Å². The number of fused-ring (bicyclic) bond motifs is 5. The summed E-state index contributed by atoms with van der Waals surface area (Å²) in [7, 11) is 0. The van der Waals surface area contributed by atoms with Gasteiger partial charge in [-0.1, -0.05) is 109 Å². The Balaban J connectivity index is 1.00. The van der Waals surface area contributed by atoms with Gasteiger partial charge in [0.1, 0.15) is 0 Å². The van der Waals surface area contributed by atoms with Gasteiger partial charge in [-0.15, -0.1) is 0 Å². The number of para-hydroxylation sites is 1. The monoisotopic (exact) mass is 714 g/mol. The van der Waals surface area contributed by atoms with Crippen LogP contribution in [0.3, 0.4) is 0 Å². The minimum atomic E-state index is 1.02. The molecule has 4 aliphatic rings. The van der Waals surface area contributed by atoms with E-state index >= 15 is 0 Å². The van der Waals surface area contributed by atoms with Crippen LogP contribution >= 0.6 is 0 Å². The smallest absolute Gasteiger partial charge is 0.0547 e. The highest BCUT2D eigenvalue weighted by Crippen LogP contribution is 2.44. The van der Waals surface area contributed by atoms with Crippen molar-refractivity contribution in [1.82, 2.24) is 4.57 Å². The maximum Gasteiger partial charge on any atom is 0.0547 e. The van der Waals surface area contributed by atoms with Crippen molar-refractivity contribution in [2.75, 3.05) is 4.90 Å². The van der Waals surface area contributed by atoms with Crippen LogP contribution in [0.4, 0.5) is 17.1 Å². The lowest BCUT2D eigenvalue weighted by Gasteiger charge is -2.26. The van der Waals surface area contributed by atoms with Crippen LogP contribution in [0.5, 0.6) is 0 Å². The number of aromatic nitrogens is 1. The van der Waals surface area contributed by atoms with Crippen LogP contribution in [0.25, 0.3) is 60.2 Å². The van der Waals surface area contributed by atoms with E-state index in [9.17, 15) is 0 Å². The lowest BCUT2D eigenvalue weighted by molar-refractivity contribution is 1.18. The van der Waals surface area contributed by atoms with E-state index in [1.54, 1.807) is 0 Å². The summed E-state index contributed by atoms with van der Waals surface area (Å²) in [6, 6.07) is 54.4. The maximum atomic E-state index is 2.44. The zero-order valence-electron chi connectivity index (χ0n) is 31.0. The van der Waals surface area contributed by atoms with Gasteiger partial charge in [-0.3, -0.25) is 0 Å². The molecule has 0 aliphatic heterocycles. The van der Waals surface area contributed by atoms with E-state index in [0.29, 0.717) is 0 Å². The Morgan fingerprint density at radius 2 is 0.982 bits per heavy atom. The van der Waals surface area contributed by atoms with Crippen LogP contribution in [-0.4, -0.2) is 4.57 Å². The number of anilines is 3. The molecule has 4 aliphatic carbocycles. The van der Waals surface area contributed by atoms with E-state index in [2.05, 4.69) is 192 Å². The average Bonchev–Trinajstić information content (AvgIpc) is 4.08. The molecule has 2 heteroatoms. The molecule has 1 aromatic heterocycles. The summed E-state index contributed by atoms with van der Waals surface area (Å²) >= 11 is 0. The highest BCUT2D eigenvalue weighted by Gasteiger charge is 2.22. The molecule has 7 aromatic carbocycles. The molecular formula is C54H38N2. The van der Waals surface area contributed by atoms with Crippen LogP contribution in [0, 0.1) is 0 Å². The third-order valence-corrected chi connectivity index (χ3v) is 12.4. The first kappa shape index (κ1) is 31.5. The third kappa shape index (κ3) is 5.03. The second kappa shape index (κ2) is 12.3. The largest absolute Gasteiger partial charge is 0.310 e. The Kier molecular flexibility index (Phi) is 6.91. The topological polar surface area (TPSA) is 8.17 Å². The van der Waals surface area contributed by atoms with Crippen LogP contribution in [0.2, 0.25) is 0 Å². The van der Waals surface area contributed by atoms with Gasteiger partial charge in [0.05, 0.1) is 11.0 Å². The molecule has 0 saturated carbocycles. The van der Waals surface area contributed by atoms with Crippen molar-refractivity contribution in [3.63, 3.8) is 0 Å². The number of hydrogen-bond donors (Lipinski definition) is 0. The van der Waals surface area contributed by atoms with E-state index in [-0.39, 0.29) is 0 Å². The third-order valence-electron chi connectivity index (χ3n) is 12.4. The first-order valence-electron chi connectivity index (χ1n) is 19.9. The molecule has 0 amide bonds. The number of benzene rings is 7. The predicted molar refractivity (Wildman–Crippen MR) is 237 cm³/mol. The van der Waals surface area contributed by atoms with E-state index in [1.165, 1.54) is 93.6 Å². The molecule has 2 nitrogen and oxygen atoms in total. The summed E-state index contributed by atoms with van der Waals surface area (Å²) in [4.78, 5) is 2.44. The van der Waals surface area contributed by atoms with Crippen molar-refractivity contribution in [2.45, 2.75) is 25.7 Å². The Hall–Kier alpha value is -6.90. The Labute approximate surface area is 326 Å². The van der Waals surface area contributed by atoms with Crippen LogP contribution < -0.4 is 4.90 Å². The van der Waals surface area contributed by atoms with E-state index in [0.717, 1.165) is 42.7 Å². The highest BCUT2D eigenvalue weighted by atomic mass is 15.1. The second-order valence-electron chi connectivity index (χ2n) is 15.7. The van der Waals surface area contributed by atoms with Crippen LogP contribution in [0.1, 0.15) is 36.8 Å². The maximum absolute atomic E-state index is 2.44. The fourth-order valence-corrected chi connectivity index (χ4v) is 9.62. The van der Waals surface area contributed by atoms with Crippen molar-refractivity contribution < 1.29 is 0 Å². The zero-order valence-corrected chi connectivity index (χ0v) is 31.0. The highest BCUT2D eigenvalue weighted by molar-refractivity contribution is 6.14. The minimum absolute atomic E-state index is 1.02. The molecule has 1 heterocycles. The molecule has 8 aromatic rings. The lowest BCUT2D eigenvalue weighted by atomic mass is 9.98. The molecule has 0 spiro atoms. The van der Waals surface area contributed by atoms with Gasteiger partial charge in [-0.05, 0) is 165 Å². The molecule has 0 atom stereocenters. The van der Waals surface area contributed by atoms with Gasteiger partial charge >= 0.3 is 0 Å². The van der Waals surface area contributed by atoms with Gasteiger partial charge in [0.25, 0.3) is 0 Å². The summed E-state index contributed by atoms with van der Waals surface area (Å²) in [5.74, 6) is 0. The lowest BCUT2D eigenvalue weighted by Crippen LogP contribution is -2.10. The summed E-state index contributed by atoms with van der Waals surface area (Å²) in [6.07, 6.45) is 18.2. The molecule has 12 rings (SSSR count). The molecule has 0 radical (unpaired) electrons. The molecule has 56 heavy (non-hydrogen) atoms. The molecule has 0 N–H and O–H groups in total. The summed E-state index contributed by atoms with van der Waals surface area (Å²) < 4.78 is 2.42. The van der Waals surface area contributed by atoms with Crippen molar-refractivity contribution in [2.24, 2.45) is 0 Å². The Morgan fingerprint density at radius 1 is 0.411 bits per heavy atom. The number of allylic oxidation sites excluding steroid dienone is 12. The van der Waals surface area contributed by atoms with Gasteiger partial charge in [0.2, 0.25) is 0 Å². The summed E-state index contributed by atoms with van der Waals surface area (Å²) in [5.41, 5.74) is 18.4. The SMILES string of the molecule is C1=CC2=C(C=C(c3ccc(N(c4ccc5cc(C6=CC7=C(C=CC7)C6)ccc5c4)c4ccc5c(c4)c4cc6ccccc6cc4n5-c4ccccc4)cc3)C2)C1. The number of nitrogens with zero attached hydrogens (tertiary/aromatic N) is 2. The molecule has 0 bridgehead atoms. The molecular weight excluding hydrogens is 677 g/mol. The Morgan fingerprint density at radius 3 is 1.73 bits per heavy atom. The minimum Gasteiger partial charge on any atom is -0.310 e. The van der Waals surface area contributed by atoms with Gasteiger partial charge in [0.15, 0.2) is 0 Å². The van der Waals surface area contributed by atoms with Crippen LogP contribution in [0.15, 0.2) is 204 Å². The fraction of sp³-hybridized carbons (Fsp3) is 0.0741. The number of rotatable bonds is 6. The molecule has 0 saturated heterocycles. The molecule has 0 fully saturated rings. The Bertz CT molecular complexity index is 3160. The molecule has 264 valence electrons. The van der Waals surface area contributed by atoms with Crippen molar-refractivity contribution in [3.05, 3.63) is 215 Å². The summed E-state index contributed by atoms with van der Waals surface area (Å²) in [6.45, 7) is 0. The second-order valence-corrected chi connectivity index (χ2v) is 15.7. The zero-order chi connectivity index (χ0) is 36.7. The molecule has 0 unspecified atom stereocenters. The summed E-state index contributed by atoms with van der Waals surface area (Å²) in [5, 5.41) is 7.50. The average molecular weight is 715 g/mol. The van der Waals surface area contributed by atoms with Gasteiger partial charge in [0, 0.05) is 33.5 Å². The first-order valence-corrected chi connectivity index (χ1v) is 19.9.